The lowest BCUT2D eigenvalue weighted by atomic mass is 9.81. The summed E-state index contributed by atoms with van der Waals surface area (Å²) in [6.45, 7) is 6.18. The average molecular weight is 506 g/mol. The van der Waals surface area contributed by atoms with Crippen molar-refractivity contribution in [1.82, 2.24) is 9.47 Å². The van der Waals surface area contributed by atoms with Crippen molar-refractivity contribution >= 4 is 34.2 Å². The average Bonchev–Trinajstić information content (AvgIpc) is 3.14. The van der Waals surface area contributed by atoms with Gasteiger partial charge < -0.3 is 19.5 Å². The van der Waals surface area contributed by atoms with Gasteiger partial charge in [-0.25, -0.2) is 4.79 Å². The first kappa shape index (κ1) is 23.9. The van der Waals surface area contributed by atoms with Crippen LogP contribution in [0.3, 0.4) is 0 Å². The van der Waals surface area contributed by atoms with Gasteiger partial charge in [-0.05, 0) is 80.6 Å². The van der Waals surface area contributed by atoms with E-state index in [1.54, 1.807) is 6.07 Å². The van der Waals surface area contributed by atoms with Crippen molar-refractivity contribution < 1.29 is 9.90 Å². The fourth-order valence-electron chi connectivity index (χ4n) is 6.82. The molecule has 1 aromatic heterocycles. The van der Waals surface area contributed by atoms with Gasteiger partial charge >= 0.3 is 5.97 Å². The molecule has 3 aliphatic rings. The number of piperidine rings is 1. The molecule has 0 bridgehead atoms. The maximum atomic E-state index is 11.9. The number of hydrogen-bond donors (Lipinski definition) is 1. The number of likely N-dealkylation sites (tertiary alicyclic amines) is 1. The van der Waals surface area contributed by atoms with Crippen LogP contribution in [0.5, 0.6) is 0 Å². The molecule has 2 fully saturated rings. The van der Waals surface area contributed by atoms with Crippen LogP contribution in [-0.2, 0) is 6.54 Å². The van der Waals surface area contributed by atoms with E-state index in [1.165, 1.54) is 92.4 Å². The maximum Gasteiger partial charge on any atom is 0.335 e. The molecule has 6 heteroatoms. The van der Waals surface area contributed by atoms with Gasteiger partial charge in [0.05, 0.1) is 11.3 Å². The number of halogens is 1. The van der Waals surface area contributed by atoms with Crippen LogP contribution in [0.25, 0.3) is 22.2 Å². The third-order valence-corrected chi connectivity index (χ3v) is 8.88. The van der Waals surface area contributed by atoms with Gasteiger partial charge in [0.25, 0.3) is 0 Å². The smallest absolute Gasteiger partial charge is 0.335 e. The highest BCUT2D eigenvalue weighted by molar-refractivity contribution is 6.31. The maximum absolute atomic E-state index is 11.9. The SMILES string of the molecule is O=C(O)c1ccc2c(C3CCCCC3)c3n(c2c1)CCN(CCN1CCCCC1)c1cc(Cl)ccc1-3. The molecule has 0 atom stereocenters. The number of rotatable bonds is 5. The molecule has 0 radical (unpaired) electrons. The van der Waals surface area contributed by atoms with Crippen LogP contribution in [0.15, 0.2) is 36.4 Å². The van der Waals surface area contributed by atoms with Crippen LogP contribution in [0.2, 0.25) is 5.02 Å². The minimum absolute atomic E-state index is 0.362. The molecule has 2 aliphatic heterocycles. The Bertz CT molecular complexity index is 1270. The molecule has 1 aliphatic carbocycles. The van der Waals surface area contributed by atoms with Gasteiger partial charge in [0.2, 0.25) is 0 Å². The monoisotopic (exact) mass is 505 g/mol. The first-order valence-corrected chi connectivity index (χ1v) is 14.1. The Morgan fingerprint density at radius 3 is 2.44 bits per heavy atom. The van der Waals surface area contributed by atoms with Crippen molar-refractivity contribution in [3.63, 3.8) is 0 Å². The van der Waals surface area contributed by atoms with Crippen molar-refractivity contribution in [2.75, 3.05) is 37.6 Å². The highest BCUT2D eigenvalue weighted by atomic mass is 35.5. The zero-order valence-corrected chi connectivity index (χ0v) is 21.8. The van der Waals surface area contributed by atoms with Crippen LogP contribution < -0.4 is 4.90 Å². The summed E-state index contributed by atoms with van der Waals surface area (Å²) in [5.74, 6) is -0.354. The Morgan fingerprint density at radius 2 is 1.67 bits per heavy atom. The molecule has 3 aromatic rings. The van der Waals surface area contributed by atoms with Gasteiger partial charge in [0, 0.05) is 53.4 Å². The quantitative estimate of drug-likeness (QED) is 0.405. The topological polar surface area (TPSA) is 48.7 Å². The number of carbonyl (C=O) groups is 1. The van der Waals surface area contributed by atoms with E-state index in [2.05, 4.69) is 32.6 Å². The molecular formula is C30H36ClN3O2. The number of hydrogen-bond acceptors (Lipinski definition) is 3. The molecule has 1 saturated heterocycles. The Morgan fingerprint density at radius 1 is 0.889 bits per heavy atom. The van der Waals surface area contributed by atoms with Crippen molar-refractivity contribution in [3.8, 4) is 11.3 Å². The lowest BCUT2D eigenvalue weighted by Gasteiger charge is -2.31. The number of aromatic carboxylic acids is 1. The number of carboxylic acid groups (broad SMARTS) is 1. The molecule has 3 heterocycles. The number of benzene rings is 2. The molecule has 2 aromatic carbocycles. The summed E-state index contributed by atoms with van der Waals surface area (Å²) in [7, 11) is 0. The molecule has 1 N–H and O–H groups in total. The van der Waals surface area contributed by atoms with Crippen LogP contribution in [0.1, 0.15) is 73.2 Å². The normalized spacial score (nSPS) is 19.2. The molecule has 36 heavy (non-hydrogen) atoms. The molecule has 0 spiro atoms. The fourth-order valence-corrected chi connectivity index (χ4v) is 6.99. The largest absolute Gasteiger partial charge is 0.478 e. The standard InChI is InChI=1S/C30H36ClN3O2/c31-23-10-12-25-26(20-23)33(16-15-32-13-5-2-6-14-32)17-18-34-27-19-22(30(35)36)9-11-24(27)28(29(25)34)21-7-3-1-4-8-21/h9-12,19-21H,1-8,13-18H2,(H,35,36). The van der Waals surface area contributed by atoms with E-state index in [0.717, 1.165) is 36.7 Å². The Labute approximate surface area is 218 Å². The van der Waals surface area contributed by atoms with E-state index in [4.69, 9.17) is 11.6 Å². The van der Waals surface area contributed by atoms with Gasteiger partial charge in [-0.2, -0.15) is 0 Å². The van der Waals surface area contributed by atoms with Crippen LogP contribution >= 0.6 is 11.6 Å². The van der Waals surface area contributed by atoms with Crippen molar-refractivity contribution in [2.45, 2.75) is 63.8 Å². The van der Waals surface area contributed by atoms with Crippen molar-refractivity contribution in [3.05, 3.63) is 52.5 Å². The molecule has 0 unspecified atom stereocenters. The highest BCUT2D eigenvalue weighted by Gasteiger charge is 2.31. The number of nitrogens with zero attached hydrogens (tertiary/aromatic N) is 3. The summed E-state index contributed by atoms with van der Waals surface area (Å²) < 4.78 is 2.42. The second-order valence-corrected chi connectivity index (χ2v) is 11.3. The number of fused-ring (bicyclic) bond motifs is 5. The zero-order chi connectivity index (χ0) is 24.6. The predicted molar refractivity (Wildman–Crippen MR) is 148 cm³/mol. The van der Waals surface area contributed by atoms with E-state index < -0.39 is 5.97 Å². The lowest BCUT2D eigenvalue weighted by molar-refractivity contribution is 0.0697. The predicted octanol–water partition coefficient (Wildman–Crippen LogP) is 7.01. The van der Waals surface area contributed by atoms with E-state index in [0.29, 0.717) is 11.5 Å². The third-order valence-electron chi connectivity index (χ3n) is 8.65. The molecular weight excluding hydrogens is 470 g/mol. The van der Waals surface area contributed by atoms with Gasteiger partial charge in [0.15, 0.2) is 0 Å². The Balaban J connectivity index is 1.48. The molecule has 1 saturated carbocycles. The zero-order valence-electron chi connectivity index (χ0n) is 21.0. The second kappa shape index (κ2) is 10.1. The Kier molecular flexibility index (Phi) is 6.70. The van der Waals surface area contributed by atoms with Gasteiger partial charge in [-0.15, -0.1) is 0 Å². The fraction of sp³-hybridized carbons (Fsp3) is 0.500. The van der Waals surface area contributed by atoms with Gasteiger partial charge in [-0.3, -0.25) is 0 Å². The lowest BCUT2D eigenvalue weighted by Crippen LogP contribution is -2.38. The number of carboxylic acids is 1. The molecule has 5 nitrogen and oxygen atoms in total. The van der Waals surface area contributed by atoms with Gasteiger partial charge in [0.1, 0.15) is 0 Å². The molecule has 6 rings (SSSR count). The van der Waals surface area contributed by atoms with Crippen LogP contribution in [0, 0.1) is 0 Å². The summed E-state index contributed by atoms with van der Waals surface area (Å²) in [6, 6.07) is 12.1. The summed E-state index contributed by atoms with van der Waals surface area (Å²) in [5, 5.41) is 11.7. The summed E-state index contributed by atoms with van der Waals surface area (Å²) in [5.41, 5.74) is 6.58. The van der Waals surface area contributed by atoms with Crippen molar-refractivity contribution in [2.24, 2.45) is 0 Å². The second-order valence-electron chi connectivity index (χ2n) is 10.8. The Hall–Kier alpha value is -2.50. The summed E-state index contributed by atoms with van der Waals surface area (Å²) in [6.07, 6.45) is 10.2. The van der Waals surface area contributed by atoms with E-state index in [1.807, 2.05) is 12.1 Å². The van der Waals surface area contributed by atoms with Crippen molar-refractivity contribution in [1.29, 1.82) is 0 Å². The van der Waals surface area contributed by atoms with E-state index >= 15 is 0 Å². The molecule has 190 valence electrons. The van der Waals surface area contributed by atoms with Crippen LogP contribution in [-0.4, -0.2) is 53.3 Å². The van der Waals surface area contributed by atoms with E-state index in [9.17, 15) is 9.90 Å². The minimum atomic E-state index is -0.865. The first-order chi connectivity index (χ1) is 17.6. The van der Waals surface area contributed by atoms with Gasteiger partial charge in [-0.1, -0.05) is 43.4 Å². The first-order valence-electron chi connectivity index (χ1n) is 13.8. The number of anilines is 1. The minimum Gasteiger partial charge on any atom is -0.478 e. The summed E-state index contributed by atoms with van der Waals surface area (Å²) in [4.78, 5) is 17.0. The third kappa shape index (κ3) is 4.41. The van der Waals surface area contributed by atoms with Crippen LogP contribution in [0.4, 0.5) is 5.69 Å². The van der Waals surface area contributed by atoms with E-state index in [-0.39, 0.29) is 0 Å². The molecule has 0 amide bonds. The number of aromatic nitrogens is 1. The summed E-state index contributed by atoms with van der Waals surface area (Å²) >= 11 is 6.58. The highest BCUT2D eigenvalue weighted by Crippen LogP contribution is 2.47.